The van der Waals surface area contributed by atoms with Gasteiger partial charge in [-0.3, -0.25) is 0 Å². The second-order valence-corrected chi connectivity index (χ2v) is 15.2. The fourth-order valence-corrected chi connectivity index (χ4v) is 6.36. The molecule has 0 heterocycles. The van der Waals surface area contributed by atoms with E-state index in [9.17, 15) is 63.0 Å². The van der Waals surface area contributed by atoms with E-state index in [1.54, 1.807) is 32.9 Å². The Morgan fingerprint density at radius 3 is 1.39 bits per heavy atom. The molecule has 0 radical (unpaired) electrons. The summed E-state index contributed by atoms with van der Waals surface area (Å²) in [7, 11) is 0. The molecule has 0 saturated carbocycles. The number of carboxylic acids is 1. The van der Waals surface area contributed by atoms with E-state index in [2.05, 4.69) is 18.9 Å². The lowest BCUT2D eigenvalue weighted by molar-refractivity contribution is -0.0692. The van der Waals surface area contributed by atoms with E-state index in [0.717, 1.165) is 36.4 Å². The van der Waals surface area contributed by atoms with Crippen LogP contribution >= 0.6 is 0 Å². The van der Waals surface area contributed by atoms with Gasteiger partial charge in [-0.2, -0.15) is 35.1 Å². The first kappa shape index (κ1) is 52.3. The summed E-state index contributed by atoms with van der Waals surface area (Å²) in [5, 5.41) is 9.29. The van der Waals surface area contributed by atoms with E-state index in [-0.39, 0.29) is 40.3 Å². The first-order valence-corrected chi connectivity index (χ1v) is 20.0. The van der Waals surface area contributed by atoms with Crippen molar-refractivity contribution in [2.24, 2.45) is 0 Å². The monoisotopic (exact) mass is 980 g/mol. The Balaban J connectivity index is 0.000000260. The van der Waals surface area contributed by atoms with E-state index in [4.69, 9.17) is 4.74 Å². The van der Waals surface area contributed by atoms with Gasteiger partial charge in [0.1, 0.15) is 23.1 Å². The van der Waals surface area contributed by atoms with Crippen LogP contribution in [-0.2, 0) is 17.8 Å². The summed E-state index contributed by atoms with van der Waals surface area (Å²) < 4.78 is 168. The number of aromatic carboxylic acids is 1. The Bertz CT molecular complexity index is 2680. The highest BCUT2D eigenvalue weighted by Gasteiger charge is 2.24. The molecule has 21 heteroatoms. The maximum atomic E-state index is 14.5. The minimum absolute atomic E-state index is 0.00397. The van der Waals surface area contributed by atoms with Crippen molar-refractivity contribution < 1.29 is 86.7 Å². The normalized spacial score (nSPS) is 11.3. The molecule has 0 saturated heterocycles. The van der Waals surface area contributed by atoms with Crippen LogP contribution in [0, 0.1) is 17.5 Å². The van der Waals surface area contributed by atoms with Gasteiger partial charge in [0.05, 0.1) is 17.7 Å². The molecule has 0 atom stereocenters. The van der Waals surface area contributed by atoms with Crippen molar-refractivity contribution in [3.8, 4) is 23.0 Å². The molecule has 0 spiro atoms. The van der Waals surface area contributed by atoms with Crippen LogP contribution in [0.2, 0.25) is 0 Å². The quantitative estimate of drug-likeness (QED) is 0.0661. The van der Waals surface area contributed by atoms with Crippen molar-refractivity contribution in [3.63, 3.8) is 0 Å². The van der Waals surface area contributed by atoms with Gasteiger partial charge >= 0.3 is 38.4 Å². The van der Waals surface area contributed by atoms with Crippen molar-refractivity contribution in [1.82, 2.24) is 0 Å². The lowest BCUT2D eigenvalue weighted by Gasteiger charge is -2.27. The fraction of sp³-hybridized carbons (Fsp3) is 0.208. The maximum Gasteiger partial charge on any atom is 0.387 e. The van der Waals surface area contributed by atoms with Gasteiger partial charge in [-0.25, -0.2) is 22.8 Å². The molecule has 0 bridgehead atoms. The third-order valence-electron chi connectivity index (χ3n) is 9.15. The average Bonchev–Trinajstić information content (AvgIpc) is 3.26. The average molecular weight is 981 g/mol. The number of hydrogen-bond donors (Lipinski definition) is 1. The van der Waals surface area contributed by atoms with Crippen molar-refractivity contribution in [2.75, 3.05) is 9.80 Å². The number of nitrogens with zero attached hydrogens (tertiary/aromatic N) is 2. The van der Waals surface area contributed by atoms with Gasteiger partial charge in [-0.05, 0) is 111 Å². The van der Waals surface area contributed by atoms with Crippen LogP contribution in [0.5, 0.6) is 23.0 Å². The van der Waals surface area contributed by atoms with E-state index in [1.807, 2.05) is 0 Å². The molecule has 6 aromatic carbocycles. The summed E-state index contributed by atoms with van der Waals surface area (Å²) in [6, 6.07) is 26.9. The largest absolute Gasteiger partial charge is 0.478 e. The zero-order chi connectivity index (χ0) is 50.6. The van der Waals surface area contributed by atoms with Crippen LogP contribution in [0.25, 0.3) is 0 Å². The number of ether oxygens (including phenoxy) is 5. The van der Waals surface area contributed by atoms with Gasteiger partial charge in [0, 0.05) is 47.0 Å². The van der Waals surface area contributed by atoms with Crippen LogP contribution in [0.1, 0.15) is 52.6 Å². The minimum Gasteiger partial charge on any atom is -0.478 e. The highest BCUT2D eigenvalue weighted by atomic mass is 19.3. The van der Waals surface area contributed by atoms with Gasteiger partial charge in [0.2, 0.25) is 0 Å². The molecule has 0 aromatic heterocycles. The molecule has 0 fully saturated rings. The summed E-state index contributed by atoms with van der Waals surface area (Å²) in [4.78, 5) is 26.8. The van der Waals surface area contributed by atoms with E-state index in [0.29, 0.717) is 11.3 Å². The summed E-state index contributed by atoms with van der Waals surface area (Å²) in [6.45, 7) is -8.69. The second-order valence-electron chi connectivity index (χ2n) is 15.2. The summed E-state index contributed by atoms with van der Waals surface area (Å²) in [6.07, 6.45) is 0. The topological polar surface area (TPSA) is 107 Å². The molecule has 0 aliphatic carbocycles. The third kappa shape index (κ3) is 15.4. The van der Waals surface area contributed by atoms with Gasteiger partial charge in [-0.1, -0.05) is 30.3 Å². The Kier molecular flexibility index (Phi) is 17.7. The Hall–Kier alpha value is -7.71. The number of alkyl halides is 8. The molecule has 10 nitrogen and oxygen atoms in total. The molecule has 0 unspecified atom stereocenters. The number of esters is 1. The van der Waals surface area contributed by atoms with Crippen LogP contribution in [-0.4, -0.2) is 49.1 Å². The molecule has 0 amide bonds. The lowest BCUT2D eigenvalue weighted by Crippen LogP contribution is -2.24. The predicted octanol–water partition coefficient (Wildman–Crippen LogP) is 13.5. The van der Waals surface area contributed by atoms with Gasteiger partial charge in [0.15, 0.2) is 23.0 Å². The zero-order valence-corrected chi connectivity index (χ0v) is 36.2. The van der Waals surface area contributed by atoms with Gasteiger partial charge < -0.3 is 38.6 Å². The van der Waals surface area contributed by atoms with Crippen molar-refractivity contribution in [1.29, 1.82) is 0 Å². The maximum absolute atomic E-state index is 14.5. The van der Waals surface area contributed by atoms with E-state index >= 15 is 0 Å². The summed E-state index contributed by atoms with van der Waals surface area (Å²) >= 11 is 0. The fourth-order valence-electron chi connectivity index (χ4n) is 6.36. The molecule has 6 aromatic rings. The van der Waals surface area contributed by atoms with Crippen LogP contribution in [0.4, 0.5) is 71.0 Å². The third-order valence-corrected chi connectivity index (χ3v) is 9.15. The Morgan fingerprint density at radius 2 is 0.928 bits per heavy atom. The number of carboxylic acid groups (broad SMARTS) is 1. The zero-order valence-electron chi connectivity index (χ0n) is 36.2. The molecule has 0 aliphatic rings. The number of hydrogen-bond acceptors (Lipinski definition) is 9. The highest BCUT2D eigenvalue weighted by molar-refractivity contribution is 5.91. The molecule has 6 rings (SSSR count). The second kappa shape index (κ2) is 23.3. The number of carbonyl (C=O) groups excluding carboxylic acids is 1. The first-order valence-electron chi connectivity index (χ1n) is 20.0. The van der Waals surface area contributed by atoms with Crippen molar-refractivity contribution in [3.05, 3.63) is 167 Å². The minimum atomic E-state index is -3.37. The number of benzene rings is 6. The predicted molar refractivity (Wildman–Crippen MR) is 229 cm³/mol. The van der Waals surface area contributed by atoms with E-state index in [1.165, 1.54) is 88.7 Å². The number of carbonyl (C=O) groups is 2. The summed E-state index contributed by atoms with van der Waals surface area (Å²) in [5.74, 6) is -6.78. The van der Waals surface area contributed by atoms with Crippen LogP contribution < -0.4 is 28.7 Å². The van der Waals surface area contributed by atoms with E-state index < -0.39 is 91.0 Å². The van der Waals surface area contributed by atoms with Crippen molar-refractivity contribution in [2.45, 2.75) is 65.9 Å². The van der Waals surface area contributed by atoms with Gasteiger partial charge in [0.25, 0.3) is 0 Å². The Morgan fingerprint density at radius 1 is 0.507 bits per heavy atom. The molecule has 69 heavy (non-hydrogen) atoms. The smallest absolute Gasteiger partial charge is 0.387 e. The SMILES string of the molecule is CC(C)(C)OC(=O)c1cccc(N(Cc2c(F)cccc2F)c2ccc(OC(F)F)c(OC(F)F)c2)c1.O=C(O)c1cccc(N(Cc2cccc(F)c2)c2ccc(OC(F)F)c(OC(F)F)c2)c1. The number of rotatable bonds is 18. The standard InChI is InChI=1S/C26H23F6NO4.C22H16F5NO4/c1-26(2,3)37-23(34)15-6-4-7-16(12-15)33(14-18-19(27)8-5-9-20(18)28)17-10-11-21(35-24(29)30)22(13-17)36-25(31)32;23-15-5-1-3-13(9-15)12-28(16-6-2-4-14(10-16)20(29)30)17-7-8-18(31-21(24)25)19(11-17)32-22(26)27/h4-13,24-25H,14H2,1-3H3;1-11,21-22H,12H2,(H,29,30). The molecule has 0 aliphatic heterocycles. The van der Waals surface area contributed by atoms with Crippen LogP contribution in [0.3, 0.4) is 0 Å². The van der Waals surface area contributed by atoms with Gasteiger partial charge in [-0.15, -0.1) is 0 Å². The molecule has 366 valence electrons. The highest BCUT2D eigenvalue weighted by Crippen LogP contribution is 2.40. The molecular weight excluding hydrogens is 942 g/mol. The molecule has 1 N–H and O–H groups in total. The number of halogens is 11. The Labute approximate surface area is 386 Å². The first-order chi connectivity index (χ1) is 32.6. The molecular formula is C48H39F11N2O8. The van der Waals surface area contributed by atoms with Crippen molar-refractivity contribution >= 4 is 34.7 Å². The summed E-state index contributed by atoms with van der Waals surface area (Å²) in [5.41, 5.74) is 0.142. The number of anilines is 4. The van der Waals surface area contributed by atoms with Crippen LogP contribution in [0.15, 0.2) is 127 Å². The lowest BCUT2D eigenvalue weighted by atomic mass is 10.1.